The molecule has 0 unspecified atom stereocenters. The van der Waals surface area contributed by atoms with Gasteiger partial charge >= 0.3 is 5.97 Å². The van der Waals surface area contributed by atoms with Crippen molar-refractivity contribution >= 4 is 14.3 Å². The van der Waals surface area contributed by atoms with Crippen LogP contribution in [0.15, 0.2) is 0 Å². The van der Waals surface area contributed by atoms with Crippen molar-refractivity contribution in [3.8, 4) is 0 Å². The van der Waals surface area contributed by atoms with Crippen molar-refractivity contribution in [2.45, 2.75) is 65.2 Å². The molecular formula is C13H29NO3Si. The lowest BCUT2D eigenvalue weighted by atomic mass is 10.0. The summed E-state index contributed by atoms with van der Waals surface area (Å²) in [6.07, 6.45) is 3.02. The second-order valence-electron chi connectivity index (χ2n) is 5.82. The second-order valence-corrected chi connectivity index (χ2v) is 10.0. The SMILES string of the molecule is CCCC[Si](C)(C)OOC(=O)[C@H](CC(C)C)NC. The number of hydrogen-bond donors (Lipinski definition) is 1. The van der Waals surface area contributed by atoms with Crippen molar-refractivity contribution in [1.29, 1.82) is 0 Å². The van der Waals surface area contributed by atoms with Crippen molar-refractivity contribution in [1.82, 2.24) is 5.32 Å². The van der Waals surface area contributed by atoms with Crippen LogP contribution < -0.4 is 5.32 Å². The Morgan fingerprint density at radius 1 is 1.33 bits per heavy atom. The highest BCUT2D eigenvalue weighted by molar-refractivity contribution is 6.70. The quantitative estimate of drug-likeness (QED) is 0.399. The third-order valence-electron chi connectivity index (χ3n) is 2.82. The van der Waals surface area contributed by atoms with Crippen LogP contribution in [0.1, 0.15) is 40.0 Å². The van der Waals surface area contributed by atoms with E-state index in [-0.39, 0.29) is 12.0 Å². The number of carbonyl (C=O) groups excluding carboxylic acids is 1. The maximum absolute atomic E-state index is 11.8. The zero-order chi connectivity index (χ0) is 14.2. The Morgan fingerprint density at radius 2 is 1.94 bits per heavy atom. The van der Waals surface area contributed by atoms with Crippen LogP contribution in [0.25, 0.3) is 0 Å². The van der Waals surface area contributed by atoms with E-state index >= 15 is 0 Å². The minimum Gasteiger partial charge on any atom is -0.308 e. The van der Waals surface area contributed by atoms with Crippen LogP contribution in [0.3, 0.4) is 0 Å². The van der Waals surface area contributed by atoms with E-state index in [1.54, 1.807) is 7.05 Å². The van der Waals surface area contributed by atoms with E-state index in [9.17, 15) is 4.79 Å². The van der Waals surface area contributed by atoms with Gasteiger partial charge in [0.05, 0.1) is 0 Å². The van der Waals surface area contributed by atoms with Gasteiger partial charge in [0.25, 0.3) is 0 Å². The largest absolute Gasteiger partial charge is 0.357 e. The fraction of sp³-hybridized carbons (Fsp3) is 0.923. The number of unbranched alkanes of at least 4 members (excludes halogenated alkanes) is 1. The molecule has 0 aromatic carbocycles. The molecule has 0 bridgehead atoms. The molecule has 18 heavy (non-hydrogen) atoms. The first kappa shape index (κ1) is 17.6. The van der Waals surface area contributed by atoms with Gasteiger partial charge in [-0.05, 0) is 38.5 Å². The van der Waals surface area contributed by atoms with Crippen molar-refractivity contribution in [2.24, 2.45) is 5.92 Å². The number of carbonyl (C=O) groups is 1. The Labute approximate surface area is 112 Å². The molecule has 108 valence electrons. The van der Waals surface area contributed by atoms with Crippen LogP contribution in [0.4, 0.5) is 0 Å². The molecule has 0 aliphatic heterocycles. The Morgan fingerprint density at radius 3 is 2.39 bits per heavy atom. The molecule has 0 saturated carbocycles. The third kappa shape index (κ3) is 7.84. The van der Waals surface area contributed by atoms with Crippen molar-refractivity contribution < 1.29 is 14.3 Å². The number of hydrogen-bond acceptors (Lipinski definition) is 4. The molecule has 0 radical (unpaired) electrons. The first-order valence-electron chi connectivity index (χ1n) is 6.89. The molecule has 5 heteroatoms. The summed E-state index contributed by atoms with van der Waals surface area (Å²) in [7, 11) is -0.0847. The molecule has 0 spiro atoms. The highest BCUT2D eigenvalue weighted by Crippen LogP contribution is 2.16. The molecule has 0 aromatic heterocycles. The lowest BCUT2D eigenvalue weighted by Crippen LogP contribution is -2.40. The average molecular weight is 275 g/mol. The summed E-state index contributed by atoms with van der Waals surface area (Å²) in [6.45, 7) is 10.5. The van der Waals surface area contributed by atoms with Crippen LogP contribution in [0.2, 0.25) is 19.1 Å². The summed E-state index contributed by atoms with van der Waals surface area (Å²) >= 11 is 0. The van der Waals surface area contributed by atoms with Gasteiger partial charge in [-0.2, -0.15) is 0 Å². The molecular weight excluding hydrogens is 246 g/mol. The van der Waals surface area contributed by atoms with Gasteiger partial charge in [-0.25, -0.2) is 9.37 Å². The monoisotopic (exact) mass is 275 g/mol. The number of nitrogens with one attached hydrogen (secondary N) is 1. The van der Waals surface area contributed by atoms with Crippen molar-refractivity contribution in [3.63, 3.8) is 0 Å². The maximum atomic E-state index is 11.8. The predicted molar refractivity (Wildman–Crippen MR) is 76.7 cm³/mol. The zero-order valence-electron chi connectivity index (χ0n) is 12.7. The molecule has 0 amide bonds. The number of rotatable bonds is 9. The normalized spacial score (nSPS) is 13.7. The lowest BCUT2D eigenvalue weighted by molar-refractivity contribution is -0.222. The maximum Gasteiger partial charge on any atom is 0.357 e. The fourth-order valence-corrected chi connectivity index (χ4v) is 3.26. The van der Waals surface area contributed by atoms with Crippen LogP contribution in [0, 0.1) is 5.92 Å². The first-order chi connectivity index (χ1) is 8.32. The molecule has 0 fully saturated rings. The standard InChI is InChI=1S/C13H29NO3Si/c1-7-8-9-18(5,6)17-16-13(15)12(14-4)10-11(2)3/h11-12,14H,7-10H2,1-6H3/t12-/m0/s1. The minimum absolute atomic E-state index is 0.277. The average Bonchev–Trinajstić information content (AvgIpc) is 2.30. The molecule has 0 aromatic rings. The number of likely N-dealkylation sites (N-methyl/N-ethyl adjacent to an activating group) is 1. The van der Waals surface area contributed by atoms with Gasteiger partial charge in [0, 0.05) is 0 Å². The van der Waals surface area contributed by atoms with E-state index < -0.39 is 8.32 Å². The van der Waals surface area contributed by atoms with Crippen LogP contribution >= 0.6 is 0 Å². The summed E-state index contributed by atoms with van der Waals surface area (Å²) in [5.74, 6) is 0.142. The molecule has 0 aliphatic carbocycles. The van der Waals surface area contributed by atoms with Crippen LogP contribution in [0.5, 0.6) is 0 Å². The van der Waals surface area contributed by atoms with Gasteiger partial charge in [0.1, 0.15) is 6.04 Å². The van der Waals surface area contributed by atoms with E-state index in [2.05, 4.69) is 39.2 Å². The van der Waals surface area contributed by atoms with Gasteiger partial charge in [0.2, 0.25) is 8.32 Å². The summed E-state index contributed by atoms with van der Waals surface area (Å²) < 4.78 is 5.41. The second kappa shape index (κ2) is 8.66. The van der Waals surface area contributed by atoms with Gasteiger partial charge in [-0.3, -0.25) is 0 Å². The van der Waals surface area contributed by atoms with Crippen LogP contribution in [-0.2, 0) is 14.3 Å². The van der Waals surface area contributed by atoms with E-state index in [0.717, 1.165) is 25.3 Å². The fourth-order valence-electron chi connectivity index (χ4n) is 1.66. The predicted octanol–water partition coefficient (Wildman–Crippen LogP) is 3.10. The zero-order valence-corrected chi connectivity index (χ0v) is 13.7. The van der Waals surface area contributed by atoms with E-state index in [1.165, 1.54) is 0 Å². The summed E-state index contributed by atoms with van der Waals surface area (Å²) in [5.41, 5.74) is 0. The highest BCUT2D eigenvalue weighted by Gasteiger charge is 2.28. The summed E-state index contributed by atoms with van der Waals surface area (Å²) in [4.78, 5) is 16.9. The van der Waals surface area contributed by atoms with Gasteiger partial charge in [-0.1, -0.05) is 33.6 Å². The van der Waals surface area contributed by atoms with E-state index in [4.69, 9.17) is 9.46 Å². The molecule has 1 N–H and O–H groups in total. The smallest absolute Gasteiger partial charge is 0.308 e. The Bertz CT molecular complexity index is 244. The van der Waals surface area contributed by atoms with Crippen molar-refractivity contribution in [2.75, 3.05) is 7.05 Å². The Balaban J connectivity index is 4.13. The molecule has 0 saturated heterocycles. The Kier molecular flexibility index (Phi) is 8.48. The Hall–Kier alpha value is -0.393. The molecule has 0 aliphatic rings. The molecule has 1 atom stereocenters. The third-order valence-corrected chi connectivity index (χ3v) is 4.91. The van der Waals surface area contributed by atoms with Gasteiger partial charge in [0.15, 0.2) is 0 Å². The summed E-state index contributed by atoms with van der Waals surface area (Å²) in [6, 6.07) is 0.742. The van der Waals surface area contributed by atoms with Crippen molar-refractivity contribution in [3.05, 3.63) is 0 Å². The molecule has 0 rings (SSSR count). The molecule has 0 heterocycles. The van der Waals surface area contributed by atoms with Crippen LogP contribution in [-0.4, -0.2) is 27.4 Å². The molecule has 4 nitrogen and oxygen atoms in total. The van der Waals surface area contributed by atoms with Gasteiger partial charge in [-0.15, -0.1) is 0 Å². The van der Waals surface area contributed by atoms with E-state index in [0.29, 0.717) is 5.92 Å². The first-order valence-corrected chi connectivity index (χ1v) is 10.0. The summed E-state index contributed by atoms with van der Waals surface area (Å²) in [5, 5.41) is 2.97. The van der Waals surface area contributed by atoms with Gasteiger partial charge < -0.3 is 10.2 Å². The minimum atomic E-state index is -1.86. The topological polar surface area (TPSA) is 47.6 Å². The van der Waals surface area contributed by atoms with E-state index in [1.807, 2.05) is 0 Å². The highest BCUT2D eigenvalue weighted by atomic mass is 28.4. The lowest BCUT2D eigenvalue weighted by Gasteiger charge is -2.22.